The summed E-state index contributed by atoms with van der Waals surface area (Å²) >= 11 is 3.07. The van der Waals surface area contributed by atoms with Crippen LogP contribution in [0.25, 0.3) is 11.8 Å². The molecule has 0 saturated heterocycles. The lowest BCUT2D eigenvalue weighted by Crippen LogP contribution is -2.38. The van der Waals surface area contributed by atoms with E-state index < -0.39 is 0 Å². The van der Waals surface area contributed by atoms with Crippen molar-refractivity contribution >= 4 is 34.4 Å². The average Bonchev–Trinajstić information content (AvgIpc) is 3.64. The number of aryl methyl sites for hydroxylation is 1. The molecule has 3 heterocycles. The zero-order valence-electron chi connectivity index (χ0n) is 22.2. The van der Waals surface area contributed by atoms with Crippen molar-refractivity contribution in [3.8, 4) is 11.5 Å². The third kappa shape index (κ3) is 4.63. The number of fused-ring (bicyclic) bond motifs is 3. The fourth-order valence-corrected chi connectivity index (χ4v) is 7.38. The van der Waals surface area contributed by atoms with Crippen LogP contribution in [0.3, 0.4) is 0 Å². The van der Waals surface area contributed by atoms with Gasteiger partial charge in [0.15, 0.2) is 16.3 Å². The Bertz CT molecular complexity index is 1990. The van der Waals surface area contributed by atoms with Gasteiger partial charge < -0.3 is 9.47 Å². The summed E-state index contributed by atoms with van der Waals surface area (Å²) in [5.41, 5.74) is 5.85. The highest BCUT2D eigenvalue weighted by molar-refractivity contribution is 7.10. The quantitative estimate of drug-likeness (QED) is 0.244. The average molecular weight is 581 g/mol. The van der Waals surface area contributed by atoms with E-state index >= 15 is 0 Å². The summed E-state index contributed by atoms with van der Waals surface area (Å²) in [6.45, 7) is 0.0808. The van der Waals surface area contributed by atoms with Gasteiger partial charge in [0.2, 0.25) is 0 Å². The van der Waals surface area contributed by atoms with E-state index in [1.54, 1.807) is 42.7 Å². The first kappa shape index (κ1) is 25.7. The molecule has 0 bridgehead atoms. The molecule has 0 amide bonds. The molecule has 3 aromatic carbocycles. The summed E-state index contributed by atoms with van der Waals surface area (Å²) in [4.78, 5) is 20.8. The van der Waals surface area contributed by atoms with Crippen molar-refractivity contribution in [2.24, 2.45) is 4.99 Å². The van der Waals surface area contributed by atoms with Crippen LogP contribution >= 0.6 is 22.7 Å². The number of aromatic nitrogens is 1. The summed E-state index contributed by atoms with van der Waals surface area (Å²) in [6.07, 6.45) is 3.67. The van der Waals surface area contributed by atoms with Crippen LogP contribution < -0.4 is 24.4 Å². The topological polar surface area (TPSA) is 52.8 Å². The van der Waals surface area contributed by atoms with Crippen molar-refractivity contribution in [3.05, 3.63) is 142 Å². The Morgan fingerprint density at radius 1 is 1.02 bits per heavy atom. The first-order valence-corrected chi connectivity index (χ1v) is 15.0. The van der Waals surface area contributed by atoms with Gasteiger partial charge in [0.1, 0.15) is 12.4 Å². The molecule has 2 aromatic heterocycles. The Kier molecular flexibility index (Phi) is 6.65. The molecule has 0 saturated carbocycles. The SMILES string of the molecule is COc1cc(C=c2sc3n(c2=O)[C@@H](c2cccs2)C2=C(N=3)c3ccccc3CC2)ccc1OCc1ccccc1F. The Balaban J connectivity index is 1.29. The molecule has 1 atom stereocenters. The van der Waals surface area contributed by atoms with Gasteiger partial charge >= 0.3 is 0 Å². The van der Waals surface area contributed by atoms with Gasteiger partial charge in [-0.25, -0.2) is 9.38 Å². The molecular formula is C33H25FN2O3S2. The van der Waals surface area contributed by atoms with Crippen LogP contribution in [0.4, 0.5) is 4.39 Å². The van der Waals surface area contributed by atoms with E-state index in [0.717, 1.165) is 34.5 Å². The monoisotopic (exact) mass is 580 g/mol. The zero-order chi connectivity index (χ0) is 27.9. The Morgan fingerprint density at radius 2 is 1.88 bits per heavy atom. The van der Waals surface area contributed by atoms with Crippen molar-refractivity contribution in [2.75, 3.05) is 7.11 Å². The molecule has 41 heavy (non-hydrogen) atoms. The maximum atomic E-state index is 14.0. The summed E-state index contributed by atoms with van der Waals surface area (Å²) in [7, 11) is 1.56. The molecule has 0 spiro atoms. The van der Waals surface area contributed by atoms with E-state index in [-0.39, 0.29) is 24.0 Å². The second-order valence-corrected chi connectivity index (χ2v) is 11.9. The van der Waals surface area contributed by atoms with Gasteiger partial charge in [0.05, 0.1) is 23.4 Å². The fourth-order valence-electron chi connectivity index (χ4n) is 5.53. The molecule has 204 valence electrons. The highest BCUT2D eigenvalue weighted by Gasteiger charge is 2.33. The first-order chi connectivity index (χ1) is 20.1. The largest absolute Gasteiger partial charge is 0.493 e. The minimum absolute atomic E-state index is 0.0589. The Hall–Kier alpha value is -4.27. The Morgan fingerprint density at radius 3 is 2.71 bits per heavy atom. The number of nitrogens with zero attached hydrogens (tertiary/aromatic N) is 2. The lowest BCUT2D eigenvalue weighted by atomic mass is 9.85. The van der Waals surface area contributed by atoms with Crippen LogP contribution in [-0.2, 0) is 13.0 Å². The first-order valence-electron chi connectivity index (χ1n) is 13.3. The second-order valence-electron chi connectivity index (χ2n) is 9.92. The molecule has 8 heteroatoms. The maximum Gasteiger partial charge on any atom is 0.271 e. The van der Waals surface area contributed by atoms with Gasteiger partial charge in [-0.1, -0.05) is 65.9 Å². The lowest BCUT2D eigenvalue weighted by molar-refractivity contribution is 0.279. The summed E-state index contributed by atoms with van der Waals surface area (Å²) in [6, 6.07) is 24.4. The van der Waals surface area contributed by atoms with E-state index in [4.69, 9.17) is 14.5 Å². The van der Waals surface area contributed by atoms with Crippen LogP contribution in [0.2, 0.25) is 0 Å². The van der Waals surface area contributed by atoms with Crippen molar-refractivity contribution in [2.45, 2.75) is 25.5 Å². The van der Waals surface area contributed by atoms with Gasteiger partial charge in [0.25, 0.3) is 5.56 Å². The predicted octanol–water partition coefficient (Wildman–Crippen LogP) is 6.11. The molecule has 5 aromatic rings. The van der Waals surface area contributed by atoms with Crippen molar-refractivity contribution in [3.63, 3.8) is 0 Å². The third-order valence-electron chi connectivity index (χ3n) is 7.51. The molecule has 0 fully saturated rings. The van der Waals surface area contributed by atoms with Crippen LogP contribution in [0.5, 0.6) is 11.5 Å². The molecule has 2 aliphatic rings. The summed E-state index contributed by atoms with van der Waals surface area (Å²) in [5, 5.41) is 2.06. The van der Waals surface area contributed by atoms with E-state index in [1.807, 2.05) is 28.8 Å². The van der Waals surface area contributed by atoms with Crippen molar-refractivity contribution in [1.29, 1.82) is 0 Å². The number of ether oxygens (including phenoxy) is 2. The number of halogens is 1. The molecule has 1 aliphatic carbocycles. The minimum atomic E-state index is -0.315. The molecule has 5 nitrogen and oxygen atoms in total. The highest BCUT2D eigenvalue weighted by Crippen LogP contribution is 2.42. The maximum absolute atomic E-state index is 14.0. The summed E-state index contributed by atoms with van der Waals surface area (Å²) in [5.74, 6) is 0.689. The number of hydrogen-bond acceptors (Lipinski definition) is 6. The fraction of sp³-hybridized carbons (Fsp3) is 0.152. The predicted molar refractivity (Wildman–Crippen MR) is 161 cm³/mol. The number of thiazole rings is 1. The van der Waals surface area contributed by atoms with Crippen LogP contribution in [0.15, 0.2) is 99.6 Å². The van der Waals surface area contributed by atoms with Gasteiger partial charge in [-0.05, 0) is 65.3 Å². The summed E-state index contributed by atoms with van der Waals surface area (Å²) < 4.78 is 27.9. The van der Waals surface area contributed by atoms with Crippen LogP contribution in [0.1, 0.15) is 39.6 Å². The Labute approximate surface area is 243 Å². The normalized spacial score (nSPS) is 16.0. The second kappa shape index (κ2) is 10.6. The molecule has 0 unspecified atom stereocenters. The standard InChI is InChI=1S/C33H25FN2O3S2/c1-38-27-17-20(12-15-26(27)39-19-22-8-3-5-10-25(22)34)18-29-32(37)36-31(28-11-6-16-40-28)24-14-13-21-7-2-4-9-23(21)30(24)35-33(36)41-29/h2-12,15-18,31H,13-14,19H2,1H3/t31-/m1/s1. The number of rotatable bonds is 6. The zero-order valence-corrected chi connectivity index (χ0v) is 23.8. The molecule has 0 N–H and O–H groups in total. The third-order valence-corrected chi connectivity index (χ3v) is 9.42. The molecular weight excluding hydrogens is 556 g/mol. The van der Waals surface area contributed by atoms with Gasteiger partial charge in [-0.3, -0.25) is 9.36 Å². The number of hydrogen-bond donors (Lipinski definition) is 0. The lowest BCUT2D eigenvalue weighted by Gasteiger charge is -2.30. The van der Waals surface area contributed by atoms with E-state index in [9.17, 15) is 9.18 Å². The van der Waals surface area contributed by atoms with Crippen LogP contribution in [0, 0.1) is 5.82 Å². The smallest absolute Gasteiger partial charge is 0.271 e. The van der Waals surface area contributed by atoms with Crippen molar-refractivity contribution in [1.82, 2.24) is 4.57 Å². The van der Waals surface area contributed by atoms with Crippen LogP contribution in [-0.4, -0.2) is 11.7 Å². The van der Waals surface area contributed by atoms with E-state index in [2.05, 4.69) is 35.7 Å². The van der Waals surface area contributed by atoms with Gasteiger partial charge in [-0.2, -0.15) is 0 Å². The number of thiophene rings is 1. The number of methoxy groups -OCH3 is 1. The number of benzene rings is 3. The number of allylic oxidation sites excluding steroid dienone is 1. The molecule has 0 radical (unpaired) electrons. The van der Waals surface area contributed by atoms with E-state index in [1.165, 1.54) is 28.5 Å². The highest BCUT2D eigenvalue weighted by atomic mass is 32.1. The molecule has 7 rings (SSSR count). The molecule has 1 aliphatic heterocycles. The van der Waals surface area contributed by atoms with Crippen molar-refractivity contribution < 1.29 is 13.9 Å². The minimum Gasteiger partial charge on any atom is -0.493 e. The van der Waals surface area contributed by atoms with Gasteiger partial charge in [0, 0.05) is 16.0 Å². The van der Waals surface area contributed by atoms with E-state index in [0.29, 0.717) is 26.4 Å². The van der Waals surface area contributed by atoms with Gasteiger partial charge in [-0.15, -0.1) is 11.3 Å².